The van der Waals surface area contributed by atoms with Crippen LogP contribution in [0.2, 0.25) is 0 Å². The molecule has 1 heterocycles. The number of carboxylic acid groups (broad SMARTS) is 1. The Morgan fingerprint density at radius 3 is 2.43 bits per heavy atom. The first-order valence-corrected chi connectivity index (χ1v) is 9.43. The van der Waals surface area contributed by atoms with Crippen LogP contribution in [0, 0.1) is 13.8 Å². The Kier molecular flexibility index (Phi) is 5.71. The van der Waals surface area contributed by atoms with Crippen molar-refractivity contribution in [2.75, 3.05) is 12.0 Å². The Morgan fingerprint density at radius 2 is 1.95 bits per heavy atom. The van der Waals surface area contributed by atoms with Gasteiger partial charge in [0.1, 0.15) is 22.0 Å². The third-order valence-electron chi connectivity index (χ3n) is 2.88. The van der Waals surface area contributed by atoms with E-state index in [0.29, 0.717) is 12.2 Å². The highest BCUT2D eigenvalue weighted by molar-refractivity contribution is 7.89. The summed E-state index contributed by atoms with van der Waals surface area (Å²) in [6.07, 6.45) is 1.92. The van der Waals surface area contributed by atoms with Crippen molar-refractivity contribution in [2.24, 2.45) is 0 Å². The predicted octanol–water partition coefficient (Wildman–Crippen LogP) is 1.03. The first kappa shape index (κ1) is 17.9. The highest BCUT2D eigenvalue weighted by atomic mass is 32.2. The zero-order valence-electron chi connectivity index (χ0n) is 12.3. The van der Waals surface area contributed by atoms with Gasteiger partial charge in [-0.3, -0.25) is 4.21 Å². The van der Waals surface area contributed by atoms with Crippen molar-refractivity contribution in [2.45, 2.75) is 38.1 Å². The molecule has 1 aromatic rings. The second kappa shape index (κ2) is 6.71. The Balaban J connectivity index is 3.09. The maximum atomic E-state index is 12.3. The Bertz CT molecular complexity index is 662. The van der Waals surface area contributed by atoms with Gasteiger partial charge in [0, 0.05) is 28.9 Å². The first-order chi connectivity index (χ1) is 9.56. The molecule has 21 heavy (non-hydrogen) atoms. The van der Waals surface area contributed by atoms with Crippen molar-refractivity contribution in [1.29, 1.82) is 0 Å². The van der Waals surface area contributed by atoms with Crippen molar-refractivity contribution in [1.82, 2.24) is 4.72 Å². The number of furan rings is 1. The van der Waals surface area contributed by atoms with Gasteiger partial charge >= 0.3 is 5.97 Å². The molecule has 0 amide bonds. The van der Waals surface area contributed by atoms with Gasteiger partial charge in [0.15, 0.2) is 0 Å². The molecule has 1 rings (SSSR count). The lowest BCUT2D eigenvalue weighted by Crippen LogP contribution is -2.34. The van der Waals surface area contributed by atoms with E-state index in [9.17, 15) is 17.4 Å². The zero-order valence-corrected chi connectivity index (χ0v) is 13.9. The molecule has 0 fully saturated rings. The quantitative estimate of drug-likeness (QED) is 0.768. The topological polar surface area (TPSA) is 114 Å². The van der Waals surface area contributed by atoms with Gasteiger partial charge in [-0.1, -0.05) is 0 Å². The fourth-order valence-corrected chi connectivity index (χ4v) is 4.33. The number of hydrogen-bond acceptors (Lipinski definition) is 5. The lowest BCUT2D eigenvalue weighted by atomic mass is 10.2. The number of carboxylic acids is 1. The number of hydrogen-bond donors (Lipinski definition) is 2. The summed E-state index contributed by atoms with van der Waals surface area (Å²) in [6.45, 7) is 4.44. The minimum absolute atomic E-state index is 0.0312. The highest BCUT2D eigenvalue weighted by Crippen LogP contribution is 2.26. The largest absolute Gasteiger partial charge is 0.478 e. The molecule has 0 aromatic carbocycles. The molecular weight excluding hydrogens is 318 g/mol. The number of rotatable bonds is 7. The molecule has 0 saturated heterocycles. The summed E-state index contributed by atoms with van der Waals surface area (Å²) in [5.41, 5.74) is -0.355. The second-order valence-electron chi connectivity index (χ2n) is 4.81. The molecule has 9 heteroatoms. The zero-order chi connectivity index (χ0) is 16.4. The average molecular weight is 337 g/mol. The van der Waals surface area contributed by atoms with Crippen LogP contribution in [0.25, 0.3) is 0 Å². The van der Waals surface area contributed by atoms with Gasteiger partial charge in [0.25, 0.3) is 0 Å². The second-order valence-corrected chi connectivity index (χ2v) is 8.02. The molecule has 7 nitrogen and oxygen atoms in total. The molecule has 0 aliphatic rings. The highest BCUT2D eigenvalue weighted by Gasteiger charge is 2.31. The van der Waals surface area contributed by atoms with E-state index in [2.05, 4.69) is 4.72 Å². The van der Waals surface area contributed by atoms with E-state index >= 15 is 0 Å². The number of carbonyl (C=O) groups is 1. The van der Waals surface area contributed by atoms with Gasteiger partial charge in [0.05, 0.1) is 0 Å². The van der Waals surface area contributed by atoms with Gasteiger partial charge in [-0.05, 0) is 27.2 Å². The lowest BCUT2D eigenvalue weighted by molar-refractivity contribution is 0.0691. The fraction of sp³-hybridized carbons (Fsp3) is 0.583. The van der Waals surface area contributed by atoms with E-state index in [1.807, 2.05) is 0 Å². The molecule has 0 spiro atoms. The SMILES string of the molecule is Cc1oc(C)c(S(=O)(=O)NC(C)CCS(C)=O)c1C(=O)O. The third-order valence-corrected chi connectivity index (χ3v) is 5.43. The van der Waals surface area contributed by atoms with E-state index in [1.165, 1.54) is 20.1 Å². The van der Waals surface area contributed by atoms with E-state index in [4.69, 9.17) is 9.52 Å². The van der Waals surface area contributed by atoms with Crippen molar-refractivity contribution in [3.63, 3.8) is 0 Å². The van der Waals surface area contributed by atoms with E-state index < -0.39 is 32.8 Å². The van der Waals surface area contributed by atoms with Gasteiger partial charge < -0.3 is 9.52 Å². The van der Waals surface area contributed by atoms with Crippen LogP contribution in [-0.4, -0.2) is 41.8 Å². The maximum absolute atomic E-state index is 12.3. The fourth-order valence-electron chi connectivity index (χ4n) is 1.96. The van der Waals surface area contributed by atoms with Crippen LogP contribution in [0.4, 0.5) is 0 Å². The Hall–Kier alpha value is -1.19. The monoisotopic (exact) mass is 337 g/mol. The summed E-state index contributed by atoms with van der Waals surface area (Å²) >= 11 is 0. The maximum Gasteiger partial charge on any atom is 0.340 e. The number of nitrogens with one attached hydrogen (secondary N) is 1. The average Bonchev–Trinajstić information content (AvgIpc) is 2.61. The predicted molar refractivity (Wildman–Crippen MR) is 78.5 cm³/mol. The van der Waals surface area contributed by atoms with Gasteiger partial charge in [0.2, 0.25) is 10.0 Å². The number of aryl methyl sites for hydroxylation is 2. The van der Waals surface area contributed by atoms with E-state index in [-0.39, 0.29) is 22.0 Å². The van der Waals surface area contributed by atoms with Gasteiger partial charge in [-0.15, -0.1) is 0 Å². The van der Waals surface area contributed by atoms with Gasteiger partial charge in [-0.25, -0.2) is 17.9 Å². The third kappa shape index (κ3) is 4.39. The molecule has 2 N–H and O–H groups in total. The molecular formula is C12H19NO6S2. The molecule has 2 unspecified atom stereocenters. The standard InChI is InChI=1S/C12H19NO6S2/c1-7(5-6-20(4)16)13-21(17,18)11-9(3)19-8(2)10(11)12(14)15/h7,13H,5-6H2,1-4H3,(H,14,15). The molecule has 2 atom stereocenters. The van der Waals surface area contributed by atoms with Crippen molar-refractivity contribution >= 4 is 26.8 Å². The molecule has 0 bridgehead atoms. The lowest BCUT2D eigenvalue weighted by Gasteiger charge is -2.13. The van der Waals surface area contributed by atoms with Crippen LogP contribution < -0.4 is 4.72 Å². The van der Waals surface area contributed by atoms with Crippen LogP contribution in [-0.2, 0) is 20.8 Å². The van der Waals surface area contributed by atoms with E-state index in [0.717, 1.165) is 0 Å². The van der Waals surface area contributed by atoms with Crippen LogP contribution >= 0.6 is 0 Å². The summed E-state index contributed by atoms with van der Waals surface area (Å²) in [6, 6.07) is -0.463. The summed E-state index contributed by atoms with van der Waals surface area (Å²) in [7, 11) is -5.03. The normalized spacial score (nSPS) is 14.9. The van der Waals surface area contributed by atoms with Crippen LogP contribution in [0.3, 0.4) is 0 Å². The van der Waals surface area contributed by atoms with Crippen LogP contribution in [0.5, 0.6) is 0 Å². The molecule has 120 valence electrons. The first-order valence-electron chi connectivity index (χ1n) is 6.22. The molecule has 0 radical (unpaired) electrons. The Morgan fingerprint density at radius 1 is 1.38 bits per heavy atom. The van der Waals surface area contributed by atoms with E-state index in [1.54, 1.807) is 6.92 Å². The Labute approximate surface area is 126 Å². The summed E-state index contributed by atoms with van der Waals surface area (Å²) in [5, 5.41) is 9.14. The summed E-state index contributed by atoms with van der Waals surface area (Å²) in [5.74, 6) is -0.919. The van der Waals surface area contributed by atoms with Crippen molar-refractivity contribution < 1.29 is 26.9 Å². The molecule has 0 saturated carbocycles. The van der Waals surface area contributed by atoms with Crippen molar-refractivity contribution in [3.8, 4) is 0 Å². The smallest absolute Gasteiger partial charge is 0.340 e. The molecule has 0 aliphatic heterocycles. The van der Waals surface area contributed by atoms with Gasteiger partial charge in [-0.2, -0.15) is 0 Å². The summed E-state index contributed by atoms with van der Waals surface area (Å²) < 4.78 is 43.2. The van der Waals surface area contributed by atoms with Crippen LogP contribution in [0.1, 0.15) is 35.2 Å². The molecule has 0 aliphatic carbocycles. The molecule has 1 aromatic heterocycles. The number of sulfonamides is 1. The minimum Gasteiger partial charge on any atom is -0.478 e. The van der Waals surface area contributed by atoms with Crippen LogP contribution in [0.15, 0.2) is 9.31 Å². The summed E-state index contributed by atoms with van der Waals surface area (Å²) in [4.78, 5) is 10.9. The number of aromatic carboxylic acids is 1. The van der Waals surface area contributed by atoms with Crippen molar-refractivity contribution in [3.05, 3.63) is 17.1 Å². The minimum atomic E-state index is -4.02.